The summed E-state index contributed by atoms with van der Waals surface area (Å²) < 4.78 is 11.0. The van der Waals surface area contributed by atoms with Gasteiger partial charge in [-0.05, 0) is 48.9 Å². The smallest absolute Gasteiger partial charge is 0.317 e. The van der Waals surface area contributed by atoms with E-state index in [9.17, 15) is 4.79 Å². The van der Waals surface area contributed by atoms with Crippen LogP contribution in [0.25, 0.3) is 10.2 Å². The van der Waals surface area contributed by atoms with Crippen LogP contribution >= 0.6 is 11.3 Å². The minimum atomic E-state index is -0.787. The van der Waals surface area contributed by atoms with E-state index < -0.39 is 5.97 Å². The number of fused-ring (bicyclic) bond motifs is 4. The lowest BCUT2D eigenvalue weighted by Crippen LogP contribution is -2.48. The predicted molar refractivity (Wildman–Crippen MR) is 130 cm³/mol. The second kappa shape index (κ2) is 8.92. The van der Waals surface area contributed by atoms with Crippen LogP contribution in [0.15, 0.2) is 18.2 Å². The van der Waals surface area contributed by atoms with E-state index >= 15 is 0 Å². The summed E-state index contributed by atoms with van der Waals surface area (Å²) in [4.78, 5) is 27.6. The molecule has 1 fully saturated rings. The maximum absolute atomic E-state index is 11.1. The van der Waals surface area contributed by atoms with E-state index in [0.717, 1.165) is 45.9 Å². The first-order valence-corrected chi connectivity index (χ1v) is 12.6. The molecule has 9 nitrogen and oxygen atoms in total. The van der Waals surface area contributed by atoms with Crippen molar-refractivity contribution in [2.24, 2.45) is 0 Å². The average Bonchev–Trinajstić information content (AvgIpc) is 3.46. The second-order valence-corrected chi connectivity index (χ2v) is 10.0. The van der Waals surface area contributed by atoms with E-state index in [4.69, 9.17) is 24.5 Å². The zero-order valence-corrected chi connectivity index (χ0v) is 19.7. The van der Waals surface area contributed by atoms with Gasteiger partial charge in [-0.1, -0.05) is 6.07 Å². The SMILES string of the molecule is O=C(O)CN1CCN(c2nc(NCc3ccc4c(c3)OCO4)c3c4c(sc3n2)CCCC4)CC1. The van der Waals surface area contributed by atoms with Crippen LogP contribution in [-0.4, -0.2) is 65.5 Å². The molecule has 6 rings (SSSR count). The Bertz CT molecular complexity index is 1240. The third-order valence-corrected chi connectivity index (χ3v) is 7.90. The molecule has 2 aliphatic heterocycles. The molecule has 0 atom stereocenters. The van der Waals surface area contributed by atoms with Gasteiger partial charge in [-0.25, -0.2) is 4.98 Å². The van der Waals surface area contributed by atoms with E-state index in [1.165, 1.54) is 23.3 Å². The summed E-state index contributed by atoms with van der Waals surface area (Å²) in [6, 6.07) is 6.01. The van der Waals surface area contributed by atoms with Crippen LogP contribution in [0, 0.1) is 0 Å². The summed E-state index contributed by atoms with van der Waals surface area (Å²) >= 11 is 1.80. The van der Waals surface area contributed by atoms with Gasteiger partial charge in [0.05, 0.1) is 11.9 Å². The summed E-state index contributed by atoms with van der Waals surface area (Å²) in [5, 5.41) is 13.8. The second-order valence-electron chi connectivity index (χ2n) is 8.96. The molecule has 0 amide bonds. The van der Waals surface area contributed by atoms with Gasteiger partial charge in [-0.15, -0.1) is 11.3 Å². The van der Waals surface area contributed by atoms with Gasteiger partial charge in [-0.3, -0.25) is 9.69 Å². The van der Waals surface area contributed by atoms with Crippen LogP contribution in [0.4, 0.5) is 11.8 Å². The third kappa shape index (κ3) is 4.12. The standard InChI is InChI=1S/C24H27N5O4S/c30-20(31)13-28-7-9-29(10-8-28)24-26-22(21-16-3-1-2-4-19(16)34-23(21)27-24)25-12-15-5-6-17-18(11-15)33-14-32-17/h5-6,11H,1-4,7-10,12-14H2,(H,30,31)(H,25,26,27). The maximum atomic E-state index is 11.1. The summed E-state index contributed by atoms with van der Waals surface area (Å²) in [5.41, 5.74) is 2.50. The average molecular weight is 482 g/mol. The number of carbonyl (C=O) groups is 1. The first-order chi connectivity index (χ1) is 16.6. The number of piperazine rings is 1. The fourth-order valence-corrected chi connectivity index (χ4v) is 6.21. The number of benzene rings is 1. The minimum Gasteiger partial charge on any atom is -0.480 e. The molecule has 2 aromatic heterocycles. The molecular formula is C24H27N5O4S. The van der Waals surface area contributed by atoms with Gasteiger partial charge in [0, 0.05) is 37.6 Å². The Morgan fingerprint density at radius 3 is 2.76 bits per heavy atom. The molecule has 10 heteroatoms. The monoisotopic (exact) mass is 481 g/mol. The van der Waals surface area contributed by atoms with E-state index in [2.05, 4.69) is 10.2 Å². The molecule has 3 aromatic rings. The number of ether oxygens (including phenoxy) is 2. The number of hydrogen-bond acceptors (Lipinski definition) is 9. The summed E-state index contributed by atoms with van der Waals surface area (Å²) in [6.07, 6.45) is 4.62. The van der Waals surface area contributed by atoms with Crippen molar-refractivity contribution < 1.29 is 19.4 Å². The van der Waals surface area contributed by atoms with Crippen molar-refractivity contribution in [1.29, 1.82) is 0 Å². The molecule has 0 saturated carbocycles. The number of aryl methyl sites for hydroxylation is 2. The normalized spacial score (nSPS) is 17.7. The number of anilines is 2. The lowest BCUT2D eigenvalue weighted by atomic mass is 9.97. The highest BCUT2D eigenvalue weighted by Gasteiger charge is 2.25. The first kappa shape index (κ1) is 21.4. The molecule has 1 aliphatic carbocycles. The van der Waals surface area contributed by atoms with Crippen molar-refractivity contribution in [2.45, 2.75) is 32.2 Å². The number of nitrogens with one attached hydrogen (secondary N) is 1. The Labute approximate surface area is 201 Å². The van der Waals surface area contributed by atoms with E-state index in [0.29, 0.717) is 38.7 Å². The van der Waals surface area contributed by atoms with E-state index in [1.54, 1.807) is 11.3 Å². The number of carboxylic acids is 1. The lowest BCUT2D eigenvalue weighted by molar-refractivity contribution is -0.138. The van der Waals surface area contributed by atoms with Crippen molar-refractivity contribution in [1.82, 2.24) is 14.9 Å². The molecule has 1 saturated heterocycles. The Morgan fingerprint density at radius 1 is 1.09 bits per heavy atom. The summed E-state index contributed by atoms with van der Waals surface area (Å²) in [5.74, 6) is 2.37. The van der Waals surface area contributed by atoms with Crippen molar-refractivity contribution in [3.63, 3.8) is 0 Å². The van der Waals surface area contributed by atoms with Crippen LogP contribution in [0.1, 0.15) is 28.8 Å². The molecule has 1 aromatic carbocycles. The number of hydrogen-bond donors (Lipinski definition) is 2. The molecule has 0 spiro atoms. The topological polar surface area (TPSA) is 100 Å². The lowest BCUT2D eigenvalue weighted by Gasteiger charge is -2.33. The van der Waals surface area contributed by atoms with Gasteiger partial charge in [-0.2, -0.15) is 4.98 Å². The highest BCUT2D eigenvalue weighted by atomic mass is 32.1. The number of carboxylic acid groups (broad SMARTS) is 1. The number of thiophene rings is 1. The van der Waals surface area contributed by atoms with E-state index in [1.807, 2.05) is 23.1 Å². The quantitative estimate of drug-likeness (QED) is 0.550. The van der Waals surface area contributed by atoms with Crippen LogP contribution in [0.5, 0.6) is 11.5 Å². The van der Waals surface area contributed by atoms with Gasteiger partial charge >= 0.3 is 5.97 Å². The molecule has 178 valence electrons. The molecule has 34 heavy (non-hydrogen) atoms. The van der Waals surface area contributed by atoms with Crippen molar-refractivity contribution in [2.75, 3.05) is 49.7 Å². The molecule has 4 heterocycles. The molecule has 0 bridgehead atoms. The molecule has 0 radical (unpaired) electrons. The largest absolute Gasteiger partial charge is 0.480 e. The first-order valence-electron chi connectivity index (χ1n) is 11.8. The third-order valence-electron chi connectivity index (χ3n) is 6.71. The summed E-state index contributed by atoms with van der Waals surface area (Å²) in [6.45, 7) is 3.77. The summed E-state index contributed by atoms with van der Waals surface area (Å²) in [7, 11) is 0. The predicted octanol–water partition coefficient (Wildman–Crippen LogP) is 3.12. The Hall–Kier alpha value is -3.11. The fourth-order valence-electron chi connectivity index (χ4n) is 4.95. The molecule has 0 unspecified atom stereocenters. The molecule has 2 N–H and O–H groups in total. The number of aliphatic carboxylic acids is 1. The minimum absolute atomic E-state index is 0.0771. The Kier molecular flexibility index (Phi) is 5.62. The van der Waals surface area contributed by atoms with Gasteiger partial charge in [0.2, 0.25) is 12.7 Å². The van der Waals surface area contributed by atoms with Crippen molar-refractivity contribution in [3.8, 4) is 11.5 Å². The van der Waals surface area contributed by atoms with Gasteiger partial charge < -0.3 is 24.8 Å². The highest BCUT2D eigenvalue weighted by molar-refractivity contribution is 7.19. The Morgan fingerprint density at radius 2 is 1.91 bits per heavy atom. The Balaban J connectivity index is 1.29. The highest BCUT2D eigenvalue weighted by Crippen LogP contribution is 2.40. The van der Waals surface area contributed by atoms with Gasteiger partial charge in [0.25, 0.3) is 0 Å². The number of nitrogens with zero attached hydrogens (tertiary/aromatic N) is 4. The maximum Gasteiger partial charge on any atom is 0.317 e. The number of aromatic nitrogens is 2. The zero-order valence-electron chi connectivity index (χ0n) is 18.9. The zero-order chi connectivity index (χ0) is 23.1. The van der Waals surface area contributed by atoms with Gasteiger partial charge in [0.15, 0.2) is 11.5 Å². The van der Waals surface area contributed by atoms with Crippen LogP contribution < -0.4 is 19.7 Å². The van der Waals surface area contributed by atoms with Crippen LogP contribution in [0.2, 0.25) is 0 Å². The molecular weight excluding hydrogens is 454 g/mol. The van der Waals surface area contributed by atoms with Crippen LogP contribution in [0.3, 0.4) is 0 Å². The fraction of sp³-hybridized carbons (Fsp3) is 0.458. The number of rotatable bonds is 6. The van der Waals surface area contributed by atoms with Crippen LogP contribution in [-0.2, 0) is 24.2 Å². The van der Waals surface area contributed by atoms with Crippen molar-refractivity contribution >= 4 is 39.3 Å². The van der Waals surface area contributed by atoms with Crippen molar-refractivity contribution in [3.05, 3.63) is 34.2 Å². The van der Waals surface area contributed by atoms with E-state index in [-0.39, 0.29) is 13.3 Å². The molecule has 3 aliphatic rings. The van der Waals surface area contributed by atoms with Gasteiger partial charge in [0.1, 0.15) is 10.6 Å².